The molecule has 9 N–H and O–H groups in total. The second-order valence-electron chi connectivity index (χ2n) is 6.44. The number of hydrogen-bond donors (Lipinski definition) is 5. The smallest absolute Gasteiger partial charge is 0.238 e. The van der Waals surface area contributed by atoms with E-state index in [0.29, 0.717) is 13.0 Å². The molecular formula is C19H35ClN6O4S. The molecule has 1 aromatic carbocycles. The first-order valence-electron chi connectivity index (χ1n) is 9.73. The Morgan fingerprint density at radius 2 is 1.65 bits per heavy atom. The first kappa shape index (κ1) is 31.0. The molecule has 0 saturated carbocycles. The molecule has 1 atom stereocenters. The summed E-state index contributed by atoms with van der Waals surface area (Å²) in [6.07, 6.45) is 4.77. The van der Waals surface area contributed by atoms with E-state index < -0.39 is 10.0 Å². The lowest BCUT2D eigenvalue weighted by Gasteiger charge is -2.13. The molecule has 0 aliphatic rings. The molecule has 0 bridgehead atoms. The number of nitrogens with one attached hydrogen (secondary N) is 1. The van der Waals surface area contributed by atoms with Crippen molar-refractivity contribution in [3.8, 4) is 0 Å². The quantitative estimate of drug-likeness (QED) is 0.134. The van der Waals surface area contributed by atoms with Crippen LogP contribution in [-0.4, -0.2) is 44.7 Å². The molecule has 0 heterocycles. The summed E-state index contributed by atoms with van der Waals surface area (Å²) >= 11 is 5.51. The minimum Gasteiger partial charge on any atom is -0.370 e. The summed E-state index contributed by atoms with van der Waals surface area (Å²) in [6.45, 7) is 4.79. The summed E-state index contributed by atoms with van der Waals surface area (Å²) < 4.78 is 21.2. The van der Waals surface area contributed by atoms with Crippen LogP contribution in [0.2, 0.25) is 0 Å². The van der Waals surface area contributed by atoms with Gasteiger partial charge in [-0.15, -0.1) is 0 Å². The van der Waals surface area contributed by atoms with Crippen molar-refractivity contribution in [2.45, 2.75) is 56.9 Å². The topological polar surface area (TPSA) is 197 Å². The first-order chi connectivity index (χ1) is 14.4. The number of guanidine groups is 1. The van der Waals surface area contributed by atoms with Gasteiger partial charge in [0.1, 0.15) is 0 Å². The Morgan fingerprint density at radius 1 is 1.10 bits per heavy atom. The molecule has 31 heavy (non-hydrogen) atoms. The molecule has 0 saturated heterocycles. The van der Waals surface area contributed by atoms with Gasteiger partial charge in [0.15, 0.2) is 5.96 Å². The maximum absolute atomic E-state index is 11.2. The first-order valence-corrected chi connectivity index (χ1v) is 11.7. The van der Waals surface area contributed by atoms with E-state index in [1.54, 1.807) is 18.2 Å². The fraction of sp³-hybridized carbons (Fsp3) is 0.526. The highest BCUT2D eigenvalue weighted by molar-refractivity contribution is 7.89. The molecule has 0 aliphatic heterocycles. The van der Waals surface area contributed by atoms with E-state index in [-0.39, 0.29) is 28.0 Å². The number of nitrogens with two attached hydrogens (primary N) is 4. The van der Waals surface area contributed by atoms with Crippen LogP contribution in [0.4, 0.5) is 0 Å². The Labute approximate surface area is 189 Å². The molecule has 0 aromatic heterocycles. The van der Waals surface area contributed by atoms with Crippen LogP contribution in [0, 0.1) is 0 Å². The number of aliphatic imine (C=N–C) groups is 1. The Bertz CT molecular complexity index is 752. The van der Waals surface area contributed by atoms with Crippen molar-refractivity contribution >= 4 is 38.7 Å². The number of carbonyl (C=O) groups is 2. The van der Waals surface area contributed by atoms with Crippen molar-refractivity contribution in [2.24, 2.45) is 27.3 Å². The summed E-state index contributed by atoms with van der Waals surface area (Å²) in [5.74, 6) is -0.255. The molecule has 0 aliphatic carbocycles. The van der Waals surface area contributed by atoms with Crippen molar-refractivity contribution < 1.29 is 18.0 Å². The zero-order valence-corrected chi connectivity index (χ0v) is 19.7. The fourth-order valence-electron chi connectivity index (χ4n) is 2.06. The van der Waals surface area contributed by atoms with E-state index in [0.717, 1.165) is 32.2 Å². The third kappa shape index (κ3) is 22.3. The monoisotopic (exact) mass is 478 g/mol. The summed E-state index contributed by atoms with van der Waals surface area (Å²) in [4.78, 5) is 24.4. The highest BCUT2D eigenvalue weighted by Crippen LogP contribution is 2.04. The van der Waals surface area contributed by atoms with Crippen LogP contribution in [0.25, 0.3) is 0 Å². The van der Waals surface area contributed by atoms with E-state index in [1.807, 2.05) is 0 Å². The number of primary sulfonamides is 1. The Balaban J connectivity index is 0. The van der Waals surface area contributed by atoms with Gasteiger partial charge in [0.05, 0.1) is 10.9 Å². The molecular weight excluding hydrogens is 444 g/mol. The van der Waals surface area contributed by atoms with Crippen molar-refractivity contribution in [3.05, 3.63) is 30.3 Å². The van der Waals surface area contributed by atoms with Gasteiger partial charge in [0, 0.05) is 13.5 Å². The van der Waals surface area contributed by atoms with Crippen LogP contribution in [0.15, 0.2) is 40.2 Å². The maximum Gasteiger partial charge on any atom is 0.238 e. The molecule has 1 aromatic rings. The van der Waals surface area contributed by atoms with Gasteiger partial charge in [-0.3, -0.25) is 14.6 Å². The van der Waals surface area contributed by atoms with Crippen molar-refractivity contribution in [2.75, 3.05) is 13.1 Å². The highest BCUT2D eigenvalue weighted by atomic mass is 35.5. The molecule has 1 unspecified atom stereocenters. The van der Waals surface area contributed by atoms with E-state index in [9.17, 15) is 18.0 Å². The van der Waals surface area contributed by atoms with Gasteiger partial charge in [0.25, 0.3) is 0 Å². The van der Waals surface area contributed by atoms with Gasteiger partial charge in [0.2, 0.25) is 21.2 Å². The molecule has 10 nitrogen and oxygen atoms in total. The van der Waals surface area contributed by atoms with Gasteiger partial charge in [-0.25, -0.2) is 13.6 Å². The van der Waals surface area contributed by atoms with Crippen LogP contribution >= 0.6 is 11.6 Å². The number of carbonyl (C=O) groups excluding carboxylic acids is 2. The second-order valence-corrected chi connectivity index (χ2v) is 8.37. The predicted octanol–water partition coefficient (Wildman–Crippen LogP) is 0.779. The van der Waals surface area contributed by atoms with Crippen LogP contribution in [0.1, 0.15) is 46.0 Å². The van der Waals surface area contributed by atoms with E-state index in [2.05, 4.69) is 23.0 Å². The summed E-state index contributed by atoms with van der Waals surface area (Å²) in [6, 6.07) is 7.60. The molecule has 0 spiro atoms. The van der Waals surface area contributed by atoms with Gasteiger partial charge in [-0.2, -0.15) is 0 Å². The average molecular weight is 479 g/mol. The number of rotatable bonds is 11. The molecule has 1 rings (SSSR count). The number of hydrogen-bond acceptors (Lipinski definition) is 6. The van der Waals surface area contributed by atoms with Crippen molar-refractivity contribution in [1.82, 2.24) is 5.32 Å². The number of nitrogens with zero attached hydrogens (tertiary/aromatic N) is 1. The summed E-state index contributed by atoms with van der Waals surface area (Å²) in [5, 5.41) is 7.64. The maximum atomic E-state index is 11.2. The fourth-order valence-corrected chi connectivity index (χ4v) is 2.78. The SMILES string of the molecule is CC(N)=O.CCCCCNC(CCCN=C(N)N)C(=O)Cl.NS(=O)(=O)c1ccccc1. The number of amides is 1. The van der Waals surface area contributed by atoms with E-state index in [4.69, 9.17) is 28.2 Å². The Kier molecular flexibility index (Phi) is 18.5. The molecule has 0 radical (unpaired) electrons. The van der Waals surface area contributed by atoms with Crippen LogP contribution in [0.3, 0.4) is 0 Å². The van der Waals surface area contributed by atoms with Crippen LogP contribution < -0.4 is 27.7 Å². The summed E-state index contributed by atoms with van der Waals surface area (Å²) in [5.41, 5.74) is 14.9. The van der Waals surface area contributed by atoms with Crippen molar-refractivity contribution in [3.63, 3.8) is 0 Å². The zero-order chi connectivity index (χ0) is 24.3. The lowest BCUT2D eigenvalue weighted by molar-refractivity contribution is -0.116. The third-order valence-electron chi connectivity index (χ3n) is 3.46. The van der Waals surface area contributed by atoms with E-state index >= 15 is 0 Å². The van der Waals surface area contributed by atoms with Crippen LogP contribution in [-0.2, 0) is 19.6 Å². The van der Waals surface area contributed by atoms with Gasteiger partial charge in [-0.1, -0.05) is 38.0 Å². The van der Waals surface area contributed by atoms with Gasteiger partial charge in [-0.05, 0) is 49.5 Å². The Hall–Kier alpha value is -2.21. The largest absolute Gasteiger partial charge is 0.370 e. The minimum absolute atomic E-state index is 0.0784. The van der Waals surface area contributed by atoms with Gasteiger partial charge < -0.3 is 22.5 Å². The zero-order valence-electron chi connectivity index (χ0n) is 18.1. The standard InChI is InChI=1S/C11H23ClN4O.C6H7NO2S.C2H5NO/c1-2-3-4-7-15-9(10(12)17)6-5-8-16-11(13)14;7-10(8,9)6-4-2-1-3-5-6;1-2(3)4/h9,15H,2-8H2,1H3,(H4,13,14,16);1-5H,(H2,7,8,9);1H3,(H2,3,4). The molecule has 12 heteroatoms. The number of primary amides is 1. The number of benzene rings is 1. The number of halogens is 1. The second kappa shape index (κ2) is 18.6. The number of sulfonamides is 1. The highest BCUT2D eigenvalue weighted by Gasteiger charge is 2.14. The predicted molar refractivity (Wildman–Crippen MR) is 125 cm³/mol. The molecule has 0 fully saturated rings. The summed E-state index contributed by atoms with van der Waals surface area (Å²) in [7, 11) is -3.50. The molecule has 178 valence electrons. The normalized spacial score (nSPS) is 11.1. The van der Waals surface area contributed by atoms with Gasteiger partial charge >= 0.3 is 0 Å². The molecule has 1 amide bonds. The van der Waals surface area contributed by atoms with Crippen molar-refractivity contribution in [1.29, 1.82) is 0 Å². The number of unbranched alkanes of at least 4 members (excludes halogenated alkanes) is 2. The van der Waals surface area contributed by atoms with Crippen LogP contribution in [0.5, 0.6) is 0 Å². The third-order valence-corrected chi connectivity index (χ3v) is 4.65. The lowest BCUT2D eigenvalue weighted by Crippen LogP contribution is -2.35. The minimum atomic E-state index is -3.50. The van der Waals surface area contributed by atoms with E-state index in [1.165, 1.54) is 19.1 Å². The Morgan fingerprint density at radius 3 is 2.03 bits per heavy atom. The average Bonchev–Trinajstić information content (AvgIpc) is 2.66. The lowest BCUT2D eigenvalue weighted by atomic mass is 10.1.